The minimum Gasteiger partial charge on any atom is -0.497 e. The van der Waals surface area contributed by atoms with Crippen LogP contribution in [0.25, 0.3) is 16.9 Å². The topological polar surface area (TPSA) is 111 Å². The van der Waals surface area contributed by atoms with Crippen LogP contribution in [0.15, 0.2) is 60.9 Å². The number of nitrogen functional groups attached to an aromatic ring is 1. The first-order valence-electron chi connectivity index (χ1n) is 12.5. The molecule has 1 saturated heterocycles. The monoisotopic (exact) mass is 511 g/mol. The van der Waals surface area contributed by atoms with Gasteiger partial charge in [-0.3, -0.25) is 4.79 Å². The number of hydrogen-bond donors (Lipinski definition) is 2. The number of carbonyl (C=O) groups excluding carboxylic acids is 1. The van der Waals surface area contributed by atoms with Crippen LogP contribution in [0.3, 0.4) is 0 Å². The zero-order chi connectivity index (χ0) is 26.2. The first-order valence-corrected chi connectivity index (χ1v) is 12.5. The highest BCUT2D eigenvalue weighted by Gasteiger charge is 2.21. The Labute approximate surface area is 220 Å². The van der Waals surface area contributed by atoms with Gasteiger partial charge in [0.2, 0.25) is 0 Å². The molecule has 10 heteroatoms. The van der Waals surface area contributed by atoms with Gasteiger partial charge in [-0.05, 0) is 55.1 Å². The molecule has 0 spiro atoms. The van der Waals surface area contributed by atoms with Gasteiger partial charge in [-0.15, -0.1) is 5.10 Å². The number of nitrogens with one attached hydrogen (secondary N) is 1. The van der Waals surface area contributed by atoms with Crippen LogP contribution in [0.1, 0.15) is 15.9 Å². The lowest BCUT2D eigenvalue weighted by molar-refractivity contribution is 0.102. The van der Waals surface area contributed by atoms with Crippen molar-refractivity contribution in [3.05, 3.63) is 72.1 Å². The summed E-state index contributed by atoms with van der Waals surface area (Å²) in [5, 5.41) is 7.29. The average Bonchev–Trinajstić information content (AvgIpc) is 3.35. The Kier molecular flexibility index (Phi) is 6.09. The van der Waals surface area contributed by atoms with Crippen LogP contribution >= 0.6 is 0 Å². The van der Waals surface area contributed by atoms with Gasteiger partial charge in [-0.25, -0.2) is 9.67 Å². The number of methoxy groups -OCH3 is 1. The molecule has 1 amide bonds. The predicted molar refractivity (Wildman–Crippen MR) is 146 cm³/mol. The second kappa shape index (κ2) is 9.71. The maximum absolute atomic E-state index is 13.0. The first kappa shape index (κ1) is 23.8. The minimum atomic E-state index is -0.329. The number of anilines is 3. The number of likely N-dealkylation sites (N-methyl/N-ethyl adjacent to an activating group) is 1. The number of nitrogens with two attached hydrogens (primary N) is 1. The van der Waals surface area contributed by atoms with Crippen molar-refractivity contribution in [2.45, 2.75) is 6.61 Å². The summed E-state index contributed by atoms with van der Waals surface area (Å²) in [5.41, 5.74) is 11.2. The van der Waals surface area contributed by atoms with Gasteiger partial charge in [-0.1, -0.05) is 0 Å². The van der Waals surface area contributed by atoms with E-state index in [0.29, 0.717) is 18.1 Å². The van der Waals surface area contributed by atoms with Gasteiger partial charge in [0.25, 0.3) is 5.91 Å². The Morgan fingerprint density at radius 3 is 2.61 bits per heavy atom. The van der Waals surface area contributed by atoms with E-state index >= 15 is 0 Å². The molecule has 4 aromatic rings. The van der Waals surface area contributed by atoms with Crippen molar-refractivity contribution >= 4 is 23.1 Å². The Bertz CT molecular complexity index is 1490. The minimum absolute atomic E-state index is 0.129. The average molecular weight is 512 g/mol. The second-order valence-electron chi connectivity index (χ2n) is 9.51. The van der Waals surface area contributed by atoms with Crippen LogP contribution in [-0.4, -0.2) is 65.9 Å². The molecule has 38 heavy (non-hydrogen) atoms. The molecular weight excluding hydrogens is 482 g/mol. The van der Waals surface area contributed by atoms with Crippen LogP contribution in [-0.2, 0) is 6.61 Å². The van der Waals surface area contributed by atoms with Crippen molar-refractivity contribution in [3.8, 4) is 28.4 Å². The molecule has 0 bridgehead atoms. The molecule has 0 radical (unpaired) electrons. The number of rotatable bonds is 5. The summed E-state index contributed by atoms with van der Waals surface area (Å²) < 4.78 is 12.7. The summed E-state index contributed by atoms with van der Waals surface area (Å²) in [6.45, 7) is 4.46. The molecule has 1 fully saturated rings. The lowest BCUT2D eigenvalue weighted by Crippen LogP contribution is -2.44. The van der Waals surface area contributed by atoms with Gasteiger partial charge in [0.1, 0.15) is 23.7 Å². The molecule has 194 valence electrons. The molecule has 0 saturated carbocycles. The normalized spacial score (nSPS) is 14.8. The maximum atomic E-state index is 13.0. The fourth-order valence-corrected chi connectivity index (χ4v) is 4.79. The standard InChI is InChI=1S/C28H29N7O3/c1-33-9-11-34(12-10-33)20-5-3-19(4-6-20)31-28(36)24-16-35(32-27(24)29)26-14-23-18(15-30-26)17-38-25-13-21(37-2)7-8-22(23)25/h3-8,13-16H,9-12,17H2,1-2H3,(H2,29,32)(H,31,36). The highest BCUT2D eigenvalue weighted by molar-refractivity contribution is 6.07. The molecular formula is C28H29N7O3. The van der Waals surface area contributed by atoms with Crippen molar-refractivity contribution in [1.82, 2.24) is 19.7 Å². The lowest BCUT2D eigenvalue weighted by atomic mass is 9.98. The molecule has 0 aliphatic carbocycles. The van der Waals surface area contributed by atoms with Gasteiger partial charge < -0.3 is 30.3 Å². The maximum Gasteiger partial charge on any atom is 0.261 e. The van der Waals surface area contributed by atoms with Crippen molar-refractivity contribution in [1.29, 1.82) is 0 Å². The Hall–Kier alpha value is -4.57. The molecule has 10 nitrogen and oxygen atoms in total. The van der Waals surface area contributed by atoms with Crippen LogP contribution in [0, 0.1) is 0 Å². The van der Waals surface area contributed by atoms with Gasteiger partial charge >= 0.3 is 0 Å². The number of fused-ring (bicyclic) bond motifs is 3. The molecule has 0 atom stereocenters. The van der Waals surface area contributed by atoms with E-state index in [0.717, 1.165) is 60.1 Å². The summed E-state index contributed by atoms with van der Waals surface area (Å²) in [6, 6.07) is 15.5. The molecule has 2 aliphatic rings. The number of piperazine rings is 1. The number of ether oxygens (including phenoxy) is 2. The summed E-state index contributed by atoms with van der Waals surface area (Å²) in [4.78, 5) is 22.2. The van der Waals surface area contributed by atoms with Gasteiger partial charge in [0, 0.05) is 67.1 Å². The highest BCUT2D eigenvalue weighted by Crippen LogP contribution is 2.40. The molecule has 2 aliphatic heterocycles. The van der Waals surface area contributed by atoms with E-state index in [9.17, 15) is 4.79 Å². The van der Waals surface area contributed by atoms with Crippen molar-refractivity contribution in [2.24, 2.45) is 0 Å². The summed E-state index contributed by atoms with van der Waals surface area (Å²) in [5.74, 6) is 1.82. The number of nitrogens with zero attached hydrogens (tertiary/aromatic N) is 5. The number of carbonyl (C=O) groups is 1. The van der Waals surface area contributed by atoms with Crippen molar-refractivity contribution < 1.29 is 14.3 Å². The highest BCUT2D eigenvalue weighted by atomic mass is 16.5. The predicted octanol–water partition coefficient (Wildman–Crippen LogP) is 3.42. The summed E-state index contributed by atoms with van der Waals surface area (Å²) in [6.07, 6.45) is 3.36. The van der Waals surface area contributed by atoms with E-state index in [2.05, 4.69) is 32.2 Å². The van der Waals surface area contributed by atoms with E-state index in [1.54, 1.807) is 19.5 Å². The van der Waals surface area contributed by atoms with Gasteiger partial charge in [0.15, 0.2) is 11.6 Å². The molecule has 2 aromatic carbocycles. The van der Waals surface area contributed by atoms with Crippen LogP contribution in [0.5, 0.6) is 11.5 Å². The smallest absolute Gasteiger partial charge is 0.261 e. The Morgan fingerprint density at radius 1 is 1.05 bits per heavy atom. The number of pyridine rings is 1. The van der Waals surface area contributed by atoms with Crippen LogP contribution in [0.4, 0.5) is 17.2 Å². The SMILES string of the molecule is COc1ccc2c(c1)OCc1cnc(-n3cc(C(=O)Nc4ccc(N5CCN(C)CC5)cc4)c(N)n3)cc1-2. The summed E-state index contributed by atoms with van der Waals surface area (Å²) in [7, 11) is 3.76. The molecule has 3 N–H and O–H groups in total. The van der Waals surface area contributed by atoms with E-state index in [4.69, 9.17) is 15.2 Å². The van der Waals surface area contributed by atoms with Crippen LogP contribution in [0.2, 0.25) is 0 Å². The lowest BCUT2D eigenvalue weighted by Gasteiger charge is -2.34. The van der Waals surface area contributed by atoms with Crippen molar-refractivity contribution in [2.75, 3.05) is 56.3 Å². The fraction of sp³-hybridized carbons (Fsp3) is 0.250. The second-order valence-corrected chi connectivity index (χ2v) is 9.51. The number of benzene rings is 2. The summed E-state index contributed by atoms with van der Waals surface area (Å²) >= 11 is 0. The quantitative estimate of drug-likeness (QED) is 0.419. The first-order chi connectivity index (χ1) is 18.5. The van der Waals surface area contributed by atoms with E-state index in [1.807, 2.05) is 48.5 Å². The van der Waals surface area contributed by atoms with Crippen LogP contribution < -0.4 is 25.4 Å². The Morgan fingerprint density at radius 2 is 1.84 bits per heavy atom. The third kappa shape index (κ3) is 4.50. The van der Waals surface area contributed by atoms with E-state index in [1.165, 1.54) is 4.68 Å². The van der Waals surface area contributed by atoms with E-state index < -0.39 is 0 Å². The molecule has 4 heterocycles. The van der Waals surface area contributed by atoms with Crippen molar-refractivity contribution in [3.63, 3.8) is 0 Å². The largest absolute Gasteiger partial charge is 0.497 e. The third-order valence-electron chi connectivity index (χ3n) is 7.05. The zero-order valence-corrected chi connectivity index (χ0v) is 21.3. The fourth-order valence-electron chi connectivity index (χ4n) is 4.79. The zero-order valence-electron chi connectivity index (χ0n) is 21.3. The number of aromatic nitrogens is 3. The van der Waals surface area contributed by atoms with Gasteiger partial charge in [0.05, 0.1) is 7.11 Å². The molecule has 6 rings (SSSR count). The van der Waals surface area contributed by atoms with E-state index in [-0.39, 0.29) is 17.3 Å². The van der Waals surface area contributed by atoms with Gasteiger partial charge in [-0.2, -0.15) is 0 Å². The number of amides is 1. The third-order valence-corrected chi connectivity index (χ3v) is 7.05. The Balaban J connectivity index is 1.20. The molecule has 2 aromatic heterocycles. The number of hydrogen-bond acceptors (Lipinski definition) is 8. The molecule has 0 unspecified atom stereocenters.